The molecule has 84 valence electrons. The average Bonchev–Trinajstić information content (AvgIpc) is 2.68. The van der Waals surface area contributed by atoms with Crippen molar-refractivity contribution >= 4 is 0 Å². The number of hydrogen-bond donors (Lipinski definition) is 1. The van der Waals surface area contributed by atoms with Gasteiger partial charge in [-0.25, -0.2) is 0 Å². The molecular formula is C11H19N3O. The van der Waals surface area contributed by atoms with E-state index in [4.69, 9.17) is 4.52 Å². The van der Waals surface area contributed by atoms with Gasteiger partial charge in [-0.05, 0) is 24.8 Å². The van der Waals surface area contributed by atoms with E-state index < -0.39 is 0 Å². The molecule has 15 heavy (non-hydrogen) atoms. The fraction of sp³-hybridized carbons (Fsp3) is 0.818. The van der Waals surface area contributed by atoms with E-state index in [-0.39, 0.29) is 11.5 Å². The fourth-order valence-corrected chi connectivity index (χ4v) is 1.85. The van der Waals surface area contributed by atoms with Gasteiger partial charge in [-0.3, -0.25) is 0 Å². The molecule has 0 aromatic carbocycles. The Morgan fingerprint density at radius 1 is 1.47 bits per heavy atom. The fourth-order valence-electron chi connectivity index (χ4n) is 1.85. The third kappa shape index (κ3) is 2.78. The predicted molar refractivity (Wildman–Crippen MR) is 57.4 cm³/mol. The molecule has 4 nitrogen and oxygen atoms in total. The number of nitrogens with one attached hydrogen (secondary N) is 1. The van der Waals surface area contributed by atoms with Crippen LogP contribution in [0.2, 0.25) is 0 Å². The minimum absolute atomic E-state index is 0.213. The highest BCUT2D eigenvalue weighted by Crippen LogP contribution is 2.23. The molecule has 1 N–H and O–H groups in total. The number of rotatable bonds is 2. The summed E-state index contributed by atoms with van der Waals surface area (Å²) in [7, 11) is 0. The van der Waals surface area contributed by atoms with Gasteiger partial charge in [0.2, 0.25) is 5.89 Å². The van der Waals surface area contributed by atoms with Crippen LogP contribution < -0.4 is 5.32 Å². The zero-order valence-electron chi connectivity index (χ0n) is 9.71. The highest BCUT2D eigenvalue weighted by Gasteiger charge is 2.23. The van der Waals surface area contributed by atoms with Gasteiger partial charge in [0.05, 0.1) is 6.04 Å². The van der Waals surface area contributed by atoms with E-state index in [0.29, 0.717) is 0 Å². The van der Waals surface area contributed by atoms with Gasteiger partial charge in [-0.15, -0.1) is 0 Å². The lowest BCUT2D eigenvalue weighted by Gasteiger charge is -2.14. The molecule has 1 aromatic heterocycles. The second-order valence-corrected chi connectivity index (χ2v) is 5.44. The molecule has 0 saturated carbocycles. The number of hydrogen-bond acceptors (Lipinski definition) is 4. The highest BCUT2D eigenvalue weighted by atomic mass is 16.5. The summed E-state index contributed by atoms with van der Waals surface area (Å²) in [5.41, 5.74) is 0.213. The van der Waals surface area contributed by atoms with Crippen LogP contribution in [0.4, 0.5) is 0 Å². The lowest BCUT2D eigenvalue weighted by molar-refractivity contribution is 0.333. The molecule has 0 amide bonds. The summed E-state index contributed by atoms with van der Waals surface area (Å²) >= 11 is 0. The lowest BCUT2D eigenvalue weighted by Crippen LogP contribution is -2.14. The van der Waals surface area contributed by atoms with Crippen molar-refractivity contribution in [1.29, 1.82) is 0 Å². The smallest absolute Gasteiger partial charge is 0.243 e. The number of nitrogens with zero attached hydrogens (tertiary/aromatic N) is 2. The Morgan fingerprint density at radius 3 is 2.87 bits per heavy atom. The molecule has 1 aliphatic rings. The van der Waals surface area contributed by atoms with E-state index in [2.05, 4.69) is 36.2 Å². The molecule has 1 atom stereocenters. The molecule has 1 saturated heterocycles. The molecule has 1 aromatic rings. The maximum Gasteiger partial charge on any atom is 0.243 e. The van der Waals surface area contributed by atoms with Gasteiger partial charge in [-0.2, -0.15) is 4.98 Å². The Bertz CT molecular complexity index is 321. The van der Waals surface area contributed by atoms with Crippen molar-refractivity contribution in [2.45, 2.75) is 46.1 Å². The van der Waals surface area contributed by atoms with Gasteiger partial charge in [0.1, 0.15) is 0 Å². The van der Waals surface area contributed by atoms with Crippen LogP contribution in [0.25, 0.3) is 0 Å². The third-order valence-electron chi connectivity index (χ3n) is 2.53. The molecular weight excluding hydrogens is 190 g/mol. The van der Waals surface area contributed by atoms with Crippen molar-refractivity contribution in [3.05, 3.63) is 11.7 Å². The Labute approximate surface area is 90.4 Å². The first-order chi connectivity index (χ1) is 7.04. The van der Waals surface area contributed by atoms with Gasteiger partial charge in [0.15, 0.2) is 5.82 Å². The van der Waals surface area contributed by atoms with Crippen molar-refractivity contribution in [2.75, 3.05) is 6.54 Å². The first-order valence-electron chi connectivity index (χ1n) is 5.60. The van der Waals surface area contributed by atoms with Crippen LogP contribution >= 0.6 is 0 Å². The first-order valence-corrected chi connectivity index (χ1v) is 5.60. The average molecular weight is 209 g/mol. The van der Waals surface area contributed by atoms with Crippen LogP contribution in [0.1, 0.15) is 51.4 Å². The largest absolute Gasteiger partial charge is 0.338 e. The summed E-state index contributed by atoms with van der Waals surface area (Å²) in [5.74, 6) is 1.58. The van der Waals surface area contributed by atoms with Crippen LogP contribution in [-0.2, 0) is 6.42 Å². The van der Waals surface area contributed by atoms with Crippen molar-refractivity contribution in [3.63, 3.8) is 0 Å². The molecule has 1 aliphatic heterocycles. The summed E-state index contributed by atoms with van der Waals surface area (Å²) in [5, 5.41) is 7.37. The Hall–Kier alpha value is -0.900. The van der Waals surface area contributed by atoms with Crippen LogP contribution in [-0.4, -0.2) is 16.7 Å². The molecule has 0 unspecified atom stereocenters. The van der Waals surface area contributed by atoms with E-state index in [9.17, 15) is 0 Å². The molecule has 1 fully saturated rings. The molecule has 2 rings (SSSR count). The van der Waals surface area contributed by atoms with E-state index in [1.807, 2.05) is 0 Å². The molecule has 0 bridgehead atoms. The summed E-state index contributed by atoms with van der Waals surface area (Å²) in [4.78, 5) is 4.44. The van der Waals surface area contributed by atoms with E-state index >= 15 is 0 Å². The minimum atomic E-state index is 0.213. The topological polar surface area (TPSA) is 51.0 Å². The quantitative estimate of drug-likeness (QED) is 0.810. The second kappa shape index (κ2) is 3.93. The molecule has 2 heterocycles. The first kappa shape index (κ1) is 10.6. The van der Waals surface area contributed by atoms with Crippen molar-refractivity contribution < 1.29 is 4.52 Å². The van der Waals surface area contributed by atoms with Crippen molar-refractivity contribution in [3.8, 4) is 0 Å². The van der Waals surface area contributed by atoms with Gasteiger partial charge in [-0.1, -0.05) is 25.9 Å². The Kier molecular flexibility index (Phi) is 2.78. The third-order valence-corrected chi connectivity index (χ3v) is 2.53. The zero-order chi connectivity index (χ0) is 10.9. The van der Waals surface area contributed by atoms with Crippen molar-refractivity contribution in [1.82, 2.24) is 15.5 Å². The highest BCUT2D eigenvalue weighted by molar-refractivity contribution is 4.96. The minimum Gasteiger partial charge on any atom is -0.338 e. The Balaban J connectivity index is 2.03. The summed E-state index contributed by atoms with van der Waals surface area (Å²) in [6.07, 6.45) is 3.17. The van der Waals surface area contributed by atoms with Gasteiger partial charge >= 0.3 is 0 Å². The number of aromatic nitrogens is 2. The summed E-state index contributed by atoms with van der Waals surface area (Å²) in [6, 6.07) is 0.284. The van der Waals surface area contributed by atoms with E-state index in [1.165, 1.54) is 6.42 Å². The van der Waals surface area contributed by atoms with Gasteiger partial charge < -0.3 is 9.84 Å². The summed E-state index contributed by atoms with van der Waals surface area (Å²) < 4.78 is 5.27. The Morgan fingerprint density at radius 2 is 2.27 bits per heavy atom. The van der Waals surface area contributed by atoms with Crippen LogP contribution in [0, 0.1) is 5.41 Å². The lowest BCUT2D eigenvalue weighted by atomic mass is 9.92. The maximum atomic E-state index is 5.27. The second-order valence-electron chi connectivity index (χ2n) is 5.44. The molecule has 4 heteroatoms. The molecule has 0 radical (unpaired) electrons. The van der Waals surface area contributed by atoms with Crippen LogP contribution in [0.5, 0.6) is 0 Å². The van der Waals surface area contributed by atoms with Gasteiger partial charge in [0.25, 0.3) is 0 Å². The van der Waals surface area contributed by atoms with E-state index in [0.717, 1.165) is 31.1 Å². The SMILES string of the molecule is CC(C)(C)Cc1noc([C@H]2CCCN2)n1. The maximum absolute atomic E-state index is 5.27. The van der Waals surface area contributed by atoms with E-state index in [1.54, 1.807) is 0 Å². The van der Waals surface area contributed by atoms with Crippen molar-refractivity contribution in [2.24, 2.45) is 5.41 Å². The molecule has 0 spiro atoms. The van der Waals surface area contributed by atoms with Crippen LogP contribution in [0.15, 0.2) is 4.52 Å². The standard InChI is InChI=1S/C11H19N3O/c1-11(2,3)7-9-13-10(15-14-9)8-5-4-6-12-8/h8,12H,4-7H2,1-3H3/t8-/m1/s1. The predicted octanol–water partition coefficient (Wildman–Crippen LogP) is 2.08. The van der Waals surface area contributed by atoms with Gasteiger partial charge in [0, 0.05) is 6.42 Å². The summed E-state index contributed by atoms with van der Waals surface area (Å²) in [6.45, 7) is 7.59. The van der Waals surface area contributed by atoms with Crippen LogP contribution in [0.3, 0.4) is 0 Å². The zero-order valence-corrected chi connectivity index (χ0v) is 9.71. The monoisotopic (exact) mass is 209 g/mol. The normalized spacial score (nSPS) is 22.2. The molecule has 0 aliphatic carbocycles.